The summed E-state index contributed by atoms with van der Waals surface area (Å²) in [5.41, 5.74) is 0.158. The first kappa shape index (κ1) is 13.3. The van der Waals surface area contributed by atoms with E-state index in [2.05, 4.69) is 4.98 Å². The topological polar surface area (TPSA) is 33.2 Å². The Bertz CT molecular complexity index is 453. The molecular weight excluding hydrogens is 255 g/mol. The van der Waals surface area contributed by atoms with Gasteiger partial charge in [-0.1, -0.05) is 24.4 Å². The molecule has 1 unspecified atom stereocenters. The van der Waals surface area contributed by atoms with E-state index in [9.17, 15) is 9.18 Å². The molecule has 0 radical (unpaired) electrons. The van der Waals surface area contributed by atoms with Gasteiger partial charge in [0.25, 0.3) is 5.91 Å². The molecule has 0 spiro atoms. The van der Waals surface area contributed by atoms with E-state index in [-0.39, 0.29) is 22.7 Å². The lowest BCUT2D eigenvalue weighted by Crippen LogP contribution is -2.38. The minimum absolute atomic E-state index is 0.0675. The first-order valence-corrected chi connectivity index (χ1v) is 6.59. The van der Waals surface area contributed by atoms with E-state index in [0.29, 0.717) is 6.54 Å². The minimum Gasteiger partial charge on any atom is -0.336 e. The van der Waals surface area contributed by atoms with Gasteiger partial charge in [0.15, 0.2) is 0 Å². The fourth-order valence-electron chi connectivity index (χ4n) is 2.30. The van der Waals surface area contributed by atoms with E-state index in [1.54, 1.807) is 4.90 Å². The molecule has 5 heteroatoms. The van der Waals surface area contributed by atoms with Gasteiger partial charge in [0.2, 0.25) is 0 Å². The highest BCUT2D eigenvalue weighted by Gasteiger charge is 2.25. The summed E-state index contributed by atoms with van der Waals surface area (Å²) in [6.45, 7) is 2.72. The zero-order chi connectivity index (χ0) is 13.1. The van der Waals surface area contributed by atoms with Crippen molar-refractivity contribution in [2.24, 2.45) is 0 Å². The Morgan fingerprint density at radius 2 is 2.28 bits per heavy atom. The van der Waals surface area contributed by atoms with E-state index in [4.69, 9.17) is 11.6 Å². The summed E-state index contributed by atoms with van der Waals surface area (Å²) in [5.74, 6) is -0.758. The van der Waals surface area contributed by atoms with Crippen molar-refractivity contribution in [3.8, 4) is 0 Å². The molecule has 18 heavy (non-hydrogen) atoms. The summed E-state index contributed by atoms with van der Waals surface area (Å²) < 4.78 is 13.2. The zero-order valence-corrected chi connectivity index (χ0v) is 11.1. The molecule has 98 valence electrons. The number of likely N-dealkylation sites (tertiary alicyclic amines) is 1. The third-order valence-corrected chi connectivity index (χ3v) is 3.65. The monoisotopic (exact) mass is 270 g/mol. The van der Waals surface area contributed by atoms with Crippen molar-refractivity contribution >= 4 is 17.5 Å². The van der Waals surface area contributed by atoms with E-state index in [1.807, 2.05) is 6.92 Å². The fourth-order valence-corrected chi connectivity index (χ4v) is 2.49. The molecule has 1 saturated heterocycles. The van der Waals surface area contributed by atoms with Crippen LogP contribution in [-0.2, 0) is 0 Å². The van der Waals surface area contributed by atoms with Gasteiger partial charge in [-0.2, -0.15) is 0 Å². The second-order valence-electron chi connectivity index (χ2n) is 4.69. The summed E-state index contributed by atoms with van der Waals surface area (Å²) in [6.07, 6.45) is 5.23. The quantitative estimate of drug-likeness (QED) is 0.734. The van der Waals surface area contributed by atoms with Crippen molar-refractivity contribution in [3.05, 3.63) is 28.8 Å². The predicted molar refractivity (Wildman–Crippen MR) is 68.2 cm³/mol. The highest BCUT2D eigenvalue weighted by molar-refractivity contribution is 6.32. The van der Waals surface area contributed by atoms with Gasteiger partial charge >= 0.3 is 0 Å². The molecular formula is C13H16ClFN2O. The summed E-state index contributed by atoms with van der Waals surface area (Å²) in [5, 5.41) is 0.0675. The van der Waals surface area contributed by atoms with Crippen LogP contribution in [0.3, 0.4) is 0 Å². The largest absolute Gasteiger partial charge is 0.336 e. The highest BCUT2D eigenvalue weighted by Crippen LogP contribution is 2.22. The van der Waals surface area contributed by atoms with Crippen LogP contribution in [0.2, 0.25) is 5.15 Å². The number of pyridine rings is 1. The number of nitrogens with zero attached hydrogens (tertiary/aromatic N) is 2. The van der Waals surface area contributed by atoms with Crippen LogP contribution < -0.4 is 0 Å². The Labute approximate surface area is 111 Å². The average molecular weight is 271 g/mol. The Balaban J connectivity index is 2.26. The summed E-state index contributed by atoms with van der Waals surface area (Å²) in [7, 11) is 0. The third-order valence-electron chi connectivity index (χ3n) is 3.35. The second-order valence-corrected chi connectivity index (χ2v) is 5.05. The van der Waals surface area contributed by atoms with Crippen molar-refractivity contribution < 1.29 is 9.18 Å². The number of hydrogen-bond acceptors (Lipinski definition) is 2. The Morgan fingerprint density at radius 1 is 1.50 bits per heavy atom. The molecule has 1 aliphatic heterocycles. The molecule has 0 bridgehead atoms. The molecule has 1 atom stereocenters. The van der Waals surface area contributed by atoms with Crippen molar-refractivity contribution in [2.75, 3.05) is 6.54 Å². The van der Waals surface area contributed by atoms with Gasteiger partial charge < -0.3 is 4.90 Å². The summed E-state index contributed by atoms with van der Waals surface area (Å²) in [4.78, 5) is 17.8. The molecule has 2 rings (SSSR count). The molecule has 1 aliphatic rings. The predicted octanol–water partition coefficient (Wildman–Crippen LogP) is 3.28. The lowest BCUT2D eigenvalue weighted by molar-refractivity contribution is 0.0697. The molecule has 1 aromatic heterocycles. The van der Waals surface area contributed by atoms with Crippen LogP contribution in [0.5, 0.6) is 0 Å². The van der Waals surface area contributed by atoms with Gasteiger partial charge in [-0.25, -0.2) is 9.37 Å². The third kappa shape index (κ3) is 2.80. The molecule has 1 amide bonds. The maximum absolute atomic E-state index is 13.2. The summed E-state index contributed by atoms with van der Waals surface area (Å²) >= 11 is 5.87. The molecule has 1 aromatic rings. The van der Waals surface area contributed by atoms with Crippen molar-refractivity contribution in [1.29, 1.82) is 0 Å². The molecule has 3 nitrogen and oxygen atoms in total. The van der Waals surface area contributed by atoms with Crippen LogP contribution in [0.15, 0.2) is 12.3 Å². The van der Waals surface area contributed by atoms with Crippen LogP contribution in [0, 0.1) is 5.82 Å². The van der Waals surface area contributed by atoms with Gasteiger partial charge in [-0.15, -0.1) is 0 Å². The molecule has 2 heterocycles. The maximum atomic E-state index is 13.2. The van der Waals surface area contributed by atoms with Gasteiger partial charge in [0.1, 0.15) is 11.0 Å². The van der Waals surface area contributed by atoms with Crippen LogP contribution in [0.25, 0.3) is 0 Å². The first-order valence-electron chi connectivity index (χ1n) is 6.21. The smallest absolute Gasteiger partial charge is 0.257 e. The second kappa shape index (κ2) is 5.65. The van der Waals surface area contributed by atoms with E-state index in [0.717, 1.165) is 37.9 Å². The molecule has 0 aromatic carbocycles. The Kier molecular flexibility index (Phi) is 4.17. The normalized spacial score (nSPS) is 20.6. The van der Waals surface area contributed by atoms with E-state index >= 15 is 0 Å². The Hall–Kier alpha value is -1.16. The number of rotatable bonds is 1. The van der Waals surface area contributed by atoms with Crippen molar-refractivity contribution in [2.45, 2.75) is 38.6 Å². The van der Waals surface area contributed by atoms with Gasteiger partial charge in [-0.05, 0) is 25.8 Å². The number of carbonyl (C=O) groups excluding carboxylic acids is 1. The Morgan fingerprint density at radius 3 is 3.06 bits per heavy atom. The van der Waals surface area contributed by atoms with Gasteiger partial charge in [-0.3, -0.25) is 4.79 Å². The SMILES string of the molecule is CC1CCCCCN1C(=O)c1cc(F)cnc1Cl. The zero-order valence-electron chi connectivity index (χ0n) is 10.3. The number of carbonyl (C=O) groups is 1. The first-order chi connectivity index (χ1) is 8.59. The molecule has 0 saturated carbocycles. The summed E-state index contributed by atoms with van der Waals surface area (Å²) in [6, 6.07) is 1.33. The molecule has 1 fully saturated rings. The minimum atomic E-state index is -0.537. The van der Waals surface area contributed by atoms with Crippen LogP contribution in [0.4, 0.5) is 4.39 Å². The van der Waals surface area contributed by atoms with Crippen LogP contribution in [-0.4, -0.2) is 28.4 Å². The van der Waals surface area contributed by atoms with Crippen LogP contribution >= 0.6 is 11.6 Å². The van der Waals surface area contributed by atoms with Gasteiger partial charge in [0, 0.05) is 12.6 Å². The lowest BCUT2D eigenvalue weighted by Gasteiger charge is -2.27. The fraction of sp³-hybridized carbons (Fsp3) is 0.538. The maximum Gasteiger partial charge on any atom is 0.257 e. The number of aromatic nitrogens is 1. The van der Waals surface area contributed by atoms with E-state index < -0.39 is 5.82 Å². The molecule has 0 aliphatic carbocycles. The van der Waals surface area contributed by atoms with E-state index in [1.165, 1.54) is 0 Å². The standard InChI is InChI=1S/C13H16ClFN2O/c1-9-5-3-2-4-6-17(9)13(18)11-7-10(15)8-16-12(11)14/h7-9H,2-6H2,1H3. The van der Waals surface area contributed by atoms with Crippen molar-refractivity contribution in [3.63, 3.8) is 0 Å². The molecule has 0 N–H and O–H groups in total. The number of halogens is 2. The number of amides is 1. The van der Waals surface area contributed by atoms with Crippen LogP contribution in [0.1, 0.15) is 43.0 Å². The van der Waals surface area contributed by atoms with Gasteiger partial charge in [0.05, 0.1) is 11.8 Å². The highest BCUT2D eigenvalue weighted by atomic mass is 35.5. The lowest BCUT2D eigenvalue weighted by atomic mass is 10.1. The average Bonchev–Trinajstić information content (AvgIpc) is 2.56. The van der Waals surface area contributed by atoms with Crippen molar-refractivity contribution in [1.82, 2.24) is 9.88 Å². The number of hydrogen-bond donors (Lipinski definition) is 0.